The van der Waals surface area contributed by atoms with E-state index in [0.717, 1.165) is 25.3 Å². The summed E-state index contributed by atoms with van der Waals surface area (Å²) in [5.74, 6) is 0.172. The van der Waals surface area contributed by atoms with Crippen LogP contribution in [-0.4, -0.2) is 60.5 Å². The highest BCUT2D eigenvalue weighted by atomic mass is 16.2. The van der Waals surface area contributed by atoms with Crippen LogP contribution in [0.3, 0.4) is 0 Å². The van der Waals surface area contributed by atoms with Gasteiger partial charge in [-0.05, 0) is 19.2 Å². The van der Waals surface area contributed by atoms with E-state index in [-0.39, 0.29) is 5.91 Å². The number of carbonyl (C=O) groups excluding carboxylic acids is 1. The summed E-state index contributed by atoms with van der Waals surface area (Å²) in [6.07, 6.45) is 2.32. The summed E-state index contributed by atoms with van der Waals surface area (Å²) in [7, 11) is 3.92. The van der Waals surface area contributed by atoms with Gasteiger partial charge in [0.1, 0.15) is 0 Å². The molecule has 2 rings (SSSR count). The van der Waals surface area contributed by atoms with Gasteiger partial charge in [0.15, 0.2) is 0 Å². The summed E-state index contributed by atoms with van der Waals surface area (Å²) >= 11 is 0. The Kier molecular flexibility index (Phi) is 4.87. The van der Waals surface area contributed by atoms with E-state index in [2.05, 4.69) is 22.2 Å². The number of nitrogens with zero attached hydrogens (tertiary/aromatic N) is 3. The molecule has 0 radical (unpaired) electrons. The molecule has 1 aromatic rings. The maximum atomic E-state index is 12.2. The van der Waals surface area contributed by atoms with Crippen molar-refractivity contribution in [1.82, 2.24) is 20.1 Å². The molecule has 5 nitrogen and oxygen atoms in total. The van der Waals surface area contributed by atoms with Crippen molar-refractivity contribution in [2.45, 2.75) is 19.0 Å². The maximum Gasteiger partial charge on any atom is 0.224 e. The molecule has 0 saturated carbocycles. The molecular formula is C14H22N4O. The fourth-order valence-corrected chi connectivity index (χ4v) is 2.27. The van der Waals surface area contributed by atoms with Crippen molar-refractivity contribution in [3.05, 3.63) is 30.1 Å². The van der Waals surface area contributed by atoms with Crippen LogP contribution in [0.1, 0.15) is 12.1 Å². The van der Waals surface area contributed by atoms with Crippen molar-refractivity contribution < 1.29 is 4.79 Å². The molecule has 2 heterocycles. The average molecular weight is 262 g/mol. The molecule has 1 aliphatic rings. The SMILES string of the molecule is CN(Cc1ccccn1)C(=O)CC1CNCCN1C. The van der Waals surface area contributed by atoms with Gasteiger partial charge < -0.3 is 15.1 Å². The summed E-state index contributed by atoms with van der Waals surface area (Å²) in [5.41, 5.74) is 0.925. The third kappa shape index (κ3) is 4.01. The first kappa shape index (κ1) is 14.0. The molecule has 1 saturated heterocycles. The number of piperazine rings is 1. The van der Waals surface area contributed by atoms with Gasteiger partial charge in [0.25, 0.3) is 0 Å². The highest BCUT2D eigenvalue weighted by Gasteiger charge is 2.23. The van der Waals surface area contributed by atoms with Gasteiger partial charge in [-0.3, -0.25) is 9.78 Å². The van der Waals surface area contributed by atoms with Crippen molar-refractivity contribution in [3.8, 4) is 0 Å². The molecular weight excluding hydrogens is 240 g/mol. The molecule has 1 fully saturated rings. The predicted octanol–water partition coefficient (Wildman–Crippen LogP) is 0.334. The standard InChI is InChI=1S/C14H22N4O/c1-17-8-7-15-10-13(17)9-14(19)18(2)11-12-5-3-4-6-16-12/h3-6,13,15H,7-11H2,1-2H3. The zero-order valence-electron chi connectivity index (χ0n) is 11.7. The van der Waals surface area contributed by atoms with E-state index < -0.39 is 0 Å². The lowest BCUT2D eigenvalue weighted by Gasteiger charge is -2.33. The summed E-state index contributed by atoms with van der Waals surface area (Å²) in [5, 5.41) is 3.33. The summed E-state index contributed by atoms with van der Waals surface area (Å²) in [6, 6.07) is 6.07. The number of amides is 1. The number of rotatable bonds is 4. The van der Waals surface area contributed by atoms with Crippen LogP contribution in [0.25, 0.3) is 0 Å². The lowest BCUT2D eigenvalue weighted by Crippen LogP contribution is -2.51. The fourth-order valence-electron chi connectivity index (χ4n) is 2.27. The van der Waals surface area contributed by atoms with Gasteiger partial charge in [-0.2, -0.15) is 0 Å². The monoisotopic (exact) mass is 262 g/mol. The van der Waals surface area contributed by atoms with Crippen LogP contribution in [0.15, 0.2) is 24.4 Å². The normalized spacial score (nSPS) is 20.2. The van der Waals surface area contributed by atoms with Crippen molar-refractivity contribution in [3.63, 3.8) is 0 Å². The van der Waals surface area contributed by atoms with Crippen molar-refractivity contribution in [1.29, 1.82) is 0 Å². The number of hydrogen-bond donors (Lipinski definition) is 1. The second-order valence-corrected chi connectivity index (χ2v) is 5.11. The van der Waals surface area contributed by atoms with Gasteiger partial charge in [0, 0.05) is 45.3 Å². The molecule has 0 aliphatic carbocycles. The molecule has 0 spiro atoms. The maximum absolute atomic E-state index is 12.2. The summed E-state index contributed by atoms with van der Waals surface area (Å²) in [4.78, 5) is 20.5. The summed E-state index contributed by atoms with van der Waals surface area (Å²) in [6.45, 7) is 3.47. The van der Waals surface area contributed by atoms with Gasteiger partial charge in [0.05, 0.1) is 12.2 Å². The molecule has 19 heavy (non-hydrogen) atoms. The van der Waals surface area contributed by atoms with Crippen molar-refractivity contribution in [2.24, 2.45) is 0 Å². The minimum Gasteiger partial charge on any atom is -0.340 e. The zero-order valence-corrected chi connectivity index (χ0v) is 11.7. The second kappa shape index (κ2) is 6.63. The molecule has 1 N–H and O–H groups in total. The van der Waals surface area contributed by atoms with Crippen LogP contribution in [0, 0.1) is 0 Å². The van der Waals surface area contributed by atoms with Crippen LogP contribution in [0.2, 0.25) is 0 Å². The van der Waals surface area contributed by atoms with Gasteiger partial charge in [-0.1, -0.05) is 6.07 Å². The first-order valence-electron chi connectivity index (χ1n) is 6.71. The highest BCUT2D eigenvalue weighted by Crippen LogP contribution is 2.08. The molecule has 1 atom stereocenters. The Balaban J connectivity index is 1.85. The van der Waals surface area contributed by atoms with Crippen molar-refractivity contribution >= 4 is 5.91 Å². The van der Waals surface area contributed by atoms with Crippen molar-refractivity contribution in [2.75, 3.05) is 33.7 Å². The lowest BCUT2D eigenvalue weighted by molar-refractivity contribution is -0.131. The molecule has 1 aliphatic heterocycles. The smallest absolute Gasteiger partial charge is 0.224 e. The Morgan fingerprint density at radius 3 is 3.11 bits per heavy atom. The number of likely N-dealkylation sites (N-methyl/N-ethyl adjacent to an activating group) is 1. The van der Waals surface area contributed by atoms with E-state index in [1.54, 1.807) is 11.1 Å². The van der Waals surface area contributed by atoms with Gasteiger partial charge in [-0.15, -0.1) is 0 Å². The van der Waals surface area contributed by atoms with E-state index in [0.29, 0.717) is 19.0 Å². The highest BCUT2D eigenvalue weighted by molar-refractivity contribution is 5.76. The minimum atomic E-state index is 0.172. The Morgan fingerprint density at radius 1 is 1.58 bits per heavy atom. The van der Waals surface area contributed by atoms with Crippen LogP contribution < -0.4 is 5.32 Å². The van der Waals surface area contributed by atoms with Gasteiger partial charge in [-0.25, -0.2) is 0 Å². The number of pyridine rings is 1. The van der Waals surface area contributed by atoms with E-state index >= 15 is 0 Å². The molecule has 0 bridgehead atoms. The Bertz CT molecular complexity index is 409. The first-order chi connectivity index (χ1) is 9.16. The Morgan fingerprint density at radius 2 is 2.42 bits per heavy atom. The van der Waals surface area contributed by atoms with Crippen LogP contribution in [0.4, 0.5) is 0 Å². The first-order valence-corrected chi connectivity index (χ1v) is 6.71. The topological polar surface area (TPSA) is 48.5 Å². The number of carbonyl (C=O) groups is 1. The van der Waals surface area contributed by atoms with Crippen LogP contribution >= 0.6 is 0 Å². The molecule has 0 aromatic carbocycles. The Hall–Kier alpha value is -1.46. The largest absolute Gasteiger partial charge is 0.340 e. The summed E-state index contributed by atoms with van der Waals surface area (Å²) < 4.78 is 0. The third-order valence-corrected chi connectivity index (χ3v) is 3.61. The van der Waals surface area contributed by atoms with E-state index in [1.807, 2.05) is 25.2 Å². The lowest BCUT2D eigenvalue weighted by atomic mass is 10.1. The quantitative estimate of drug-likeness (QED) is 0.850. The minimum absolute atomic E-state index is 0.172. The van der Waals surface area contributed by atoms with E-state index in [4.69, 9.17) is 0 Å². The van der Waals surface area contributed by atoms with Gasteiger partial charge in [0.2, 0.25) is 5.91 Å². The molecule has 5 heteroatoms. The molecule has 1 amide bonds. The molecule has 1 unspecified atom stereocenters. The van der Waals surface area contributed by atoms with E-state index in [1.165, 1.54) is 0 Å². The Labute approximate surface area is 114 Å². The number of nitrogens with one attached hydrogen (secondary N) is 1. The van der Waals surface area contributed by atoms with Crippen LogP contribution in [0.5, 0.6) is 0 Å². The van der Waals surface area contributed by atoms with Gasteiger partial charge >= 0.3 is 0 Å². The average Bonchev–Trinajstić information content (AvgIpc) is 2.42. The number of hydrogen-bond acceptors (Lipinski definition) is 4. The van der Waals surface area contributed by atoms with Crippen LogP contribution in [-0.2, 0) is 11.3 Å². The second-order valence-electron chi connectivity index (χ2n) is 5.11. The molecule has 104 valence electrons. The molecule has 1 aromatic heterocycles. The fraction of sp³-hybridized carbons (Fsp3) is 0.571. The van der Waals surface area contributed by atoms with E-state index in [9.17, 15) is 4.79 Å². The third-order valence-electron chi connectivity index (χ3n) is 3.61. The predicted molar refractivity (Wildman–Crippen MR) is 74.6 cm³/mol. The number of aromatic nitrogens is 1. The zero-order chi connectivity index (χ0) is 13.7.